The molecule has 0 aliphatic carbocycles. The second-order valence-corrected chi connectivity index (χ2v) is 11.6. The van der Waals surface area contributed by atoms with Crippen LogP contribution in [0.15, 0.2) is 52.8 Å². The molecule has 7 heterocycles. The Morgan fingerprint density at radius 1 is 0.467 bits per heavy atom. The Labute approximate surface area is 193 Å². The summed E-state index contributed by atoms with van der Waals surface area (Å²) in [4.78, 5) is 5.39. The van der Waals surface area contributed by atoms with Crippen LogP contribution in [0.4, 0.5) is 0 Å². The van der Waals surface area contributed by atoms with Crippen molar-refractivity contribution in [2.75, 3.05) is 52.9 Å². The van der Waals surface area contributed by atoms with Crippen molar-refractivity contribution in [3.05, 3.63) is 33.3 Å². The molecule has 0 fully saturated rings. The van der Waals surface area contributed by atoms with Gasteiger partial charge in [0.1, 0.15) is 0 Å². The average molecular weight is 485 g/mol. The number of aromatic nitrogens is 2. The van der Waals surface area contributed by atoms with Crippen molar-refractivity contribution in [3.8, 4) is 0 Å². The zero-order chi connectivity index (χ0) is 20.2. The summed E-state index contributed by atoms with van der Waals surface area (Å²) in [6, 6.07) is 0. The van der Waals surface area contributed by atoms with Gasteiger partial charge in [0.15, 0.2) is 0 Å². The van der Waals surface area contributed by atoms with Crippen molar-refractivity contribution in [3.63, 3.8) is 0 Å². The molecule has 0 atom stereocenters. The predicted molar refractivity (Wildman–Crippen MR) is 123 cm³/mol. The van der Waals surface area contributed by atoms with Crippen LogP contribution < -0.4 is 0 Å². The first kappa shape index (κ1) is 21.4. The van der Waals surface area contributed by atoms with E-state index in [1.54, 1.807) is 0 Å². The second-order valence-electron chi connectivity index (χ2n) is 6.88. The lowest BCUT2D eigenvalue weighted by molar-refractivity contribution is -0.00324. The number of hydrogen-bond donors (Lipinski definition) is 0. The van der Waals surface area contributed by atoms with Crippen molar-refractivity contribution in [2.24, 2.45) is 0 Å². The Kier molecular flexibility index (Phi) is 7.44. The molecule has 7 rings (SSSR count). The molecule has 0 aromatic carbocycles. The van der Waals surface area contributed by atoms with Crippen LogP contribution in [-0.2, 0) is 32.0 Å². The number of thioether (sulfide) groups is 4. The maximum atomic E-state index is 5.69. The number of hydrogen-bond acceptors (Lipinski definition) is 8. The van der Waals surface area contributed by atoms with E-state index in [-0.39, 0.29) is 0 Å². The molecule has 10 heteroatoms. The van der Waals surface area contributed by atoms with Crippen LogP contribution in [0.2, 0.25) is 0 Å². The van der Waals surface area contributed by atoms with E-state index in [1.807, 2.05) is 47.0 Å². The molecule has 30 heavy (non-hydrogen) atoms. The smallest absolute Gasteiger partial charge is 0.0707 e. The first-order chi connectivity index (χ1) is 14.8. The lowest BCUT2D eigenvalue weighted by Crippen LogP contribution is -2.14. The molecule has 0 unspecified atom stereocenters. The highest BCUT2D eigenvalue weighted by Crippen LogP contribution is 2.61. The lowest BCUT2D eigenvalue weighted by atomic mass is 10.6. The van der Waals surface area contributed by atoms with Crippen LogP contribution in [-0.4, -0.2) is 62.0 Å². The monoisotopic (exact) mass is 484 g/mol. The van der Waals surface area contributed by atoms with Crippen LogP contribution >= 0.6 is 47.0 Å². The number of ether oxygens (including phenoxy) is 4. The molecule has 0 radical (unpaired) electrons. The van der Waals surface area contributed by atoms with Gasteiger partial charge in [-0.2, -0.15) is 0 Å². The van der Waals surface area contributed by atoms with Crippen LogP contribution in [0.3, 0.4) is 0 Å². The van der Waals surface area contributed by atoms with Gasteiger partial charge in [0.05, 0.1) is 61.3 Å². The summed E-state index contributed by atoms with van der Waals surface area (Å²) in [5.74, 6) is 0. The van der Waals surface area contributed by atoms with Crippen LogP contribution in [0, 0.1) is 0 Å². The second kappa shape index (κ2) is 10.4. The van der Waals surface area contributed by atoms with E-state index >= 15 is 0 Å². The predicted octanol–water partition coefficient (Wildman–Crippen LogP) is 4.59. The van der Waals surface area contributed by atoms with Gasteiger partial charge in [0.25, 0.3) is 0 Å². The summed E-state index contributed by atoms with van der Waals surface area (Å²) in [6.07, 6.45) is 8.95. The first-order valence-electron chi connectivity index (χ1n) is 10.0. The summed E-state index contributed by atoms with van der Waals surface area (Å²) in [5, 5.41) is 0. The van der Waals surface area contributed by atoms with E-state index in [2.05, 4.69) is 33.9 Å². The molecule has 5 aliphatic heterocycles. The van der Waals surface area contributed by atoms with Crippen molar-refractivity contribution in [1.29, 1.82) is 0 Å². The van der Waals surface area contributed by atoms with E-state index in [0.717, 1.165) is 13.1 Å². The highest BCUT2D eigenvalue weighted by Gasteiger charge is 2.28. The van der Waals surface area contributed by atoms with Gasteiger partial charge in [-0.3, -0.25) is 0 Å². The minimum Gasteiger partial charge on any atom is -0.377 e. The summed E-state index contributed by atoms with van der Waals surface area (Å²) >= 11 is 7.56. The normalized spacial score (nSPS) is 21.5. The molecule has 2 aromatic rings. The molecule has 0 N–H and O–H groups in total. The fourth-order valence-electron chi connectivity index (χ4n) is 3.21. The van der Waals surface area contributed by atoms with Crippen molar-refractivity contribution < 1.29 is 18.9 Å². The third-order valence-electron chi connectivity index (χ3n) is 4.70. The largest absolute Gasteiger partial charge is 0.377 e. The summed E-state index contributed by atoms with van der Waals surface area (Å²) in [6.45, 7) is 6.71. The molecule has 5 aliphatic rings. The third kappa shape index (κ3) is 5.29. The third-order valence-corrected chi connectivity index (χ3v) is 10.2. The van der Waals surface area contributed by atoms with Gasteiger partial charge in [0, 0.05) is 57.5 Å². The maximum absolute atomic E-state index is 5.69. The molecular weight excluding hydrogens is 460 g/mol. The van der Waals surface area contributed by atoms with Crippen LogP contribution in [0.5, 0.6) is 0 Å². The Morgan fingerprint density at radius 2 is 0.767 bits per heavy atom. The van der Waals surface area contributed by atoms with Crippen molar-refractivity contribution in [2.45, 2.75) is 32.7 Å². The van der Waals surface area contributed by atoms with Gasteiger partial charge >= 0.3 is 0 Å². The summed E-state index contributed by atoms with van der Waals surface area (Å²) in [7, 11) is 0. The van der Waals surface area contributed by atoms with E-state index in [4.69, 9.17) is 18.9 Å². The number of nitrogens with zero attached hydrogens (tertiary/aromatic N) is 2. The summed E-state index contributed by atoms with van der Waals surface area (Å²) < 4.78 is 29.7. The molecule has 0 spiro atoms. The SMILES string of the molecule is c1c2c3cn1CCOCCOCCOCCOCCn1cc4c(c1)SC(=C(S2)S3)S4. The number of rotatable bonds is 0. The zero-order valence-electron chi connectivity index (χ0n) is 16.5. The fraction of sp³-hybridized carbons (Fsp3) is 0.500. The average Bonchev–Trinajstić information content (AvgIpc) is 3.46. The van der Waals surface area contributed by atoms with E-state index < -0.39 is 0 Å². The highest BCUT2D eigenvalue weighted by molar-refractivity contribution is 8.30. The fourth-order valence-corrected chi connectivity index (χ4v) is 8.61. The topological polar surface area (TPSA) is 46.8 Å². The molecule has 0 amide bonds. The molecule has 0 saturated carbocycles. The Balaban J connectivity index is 1.23. The van der Waals surface area contributed by atoms with Gasteiger partial charge in [-0.05, 0) is 0 Å². The highest BCUT2D eigenvalue weighted by atomic mass is 32.2. The van der Waals surface area contributed by atoms with E-state index in [1.165, 1.54) is 28.1 Å². The Bertz CT molecular complexity index is 788. The van der Waals surface area contributed by atoms with Crippen molar-refractivity contribution >= 4 is 47.0 Å². The van der Waals surface area contributed by atoms with Crippen LogP contribution in [0.25, 0.3) is 0 Å². The zero-order valence-corrected chi connectivity index (χ0v) is 19.8. The Hall–Kier alpha value is -0.460. The van der Waals surface area contributed by atoms with Gasteiger partial charge in [0.2, 0.25) is 0 Å². The molecule has 8 bridgehead atoms. The molecule has 162 valence electrons. The van der Waals surface area contributed by atoms with Gasteiger partial charge < -0.3 is 28.1 Å². The van der Waals surface area contributed by atoms with Gasteiger partial charge in [-0.1, -0.05) is 47.0 Å². The minimum atomic E-state index is 0.588. The first-order valence-corrected chi connectivity index (χ1v) is 13.3. The molecule has 6 nitrogen and oxygen atoms in total. The van der Waals surface area contributed by atoms with Gasteiger partial charge in [-0.15, -0.1) is 0 Å². The van der Waals surface area contributed by atoms with Crippen molar-refractivity contribution in [1.82, 2.24) is 9.13 Å². The van der Waals surface area contributed by atoms with Crippen LogP contribution in [0.1, 0.15) is 0 Å². The molecule has 2 aromatic heterocycles. The summed E-state index contributed by atoms with van der Waals surface area (Å²) in [5.41, 5.74) is 0. The lowest BCUT2D eigenvalue weighted by Gasteiger charge is -2.09. The standard InChI is InChI=1S/C20H24N2O4S4/c1-3-23-5-7-25-9-10-26-8-6-24-4-2-22-13-17-18(14-22)30-20(29-17)19-27-15-11-21(1)12-16(15)28-19/h11-14H,1-10H2. The molecule has 0 saturated heterocycles. The maximum Gasteiger partial charge on any atom is 0.0707 e. The molecular formula is C20H24N2O4S4. The van der Waals surface area contributed by atoms with E-state index in [0.29, 0.717) is 52.9 Å². The Morgan fingerprint density at radius 3 is 1.10 bits per heavy atom. The van der Waals surface area contributed by atoms with E-state index in [9.17, 15) is 0 Å². The quantitative estimate of drug-likeness (QED) is 0.538. The minimum absolute atomic E-state index is 0.588. The van der Waals surface area contributed by atoms with Gasteiger partial charge in [-0.25, -0.2) is 0 Å².